The molecular weight excluding hydrogens is 268 g/mol. The molecule has 0 amide bonds. The van der Waals surface area contributed by atoms with Gasteiger partial charge < -0.3 is 10.6 Å². The van der Waals surface area contributed by atoms with Crippen LogP contribution in [0.1, 0.15) is 46.2 Å². The van der Waals surface area contributed by atoms with Crippen molar-refractivity contribution in [1.82, 2.24) is 9.38 Å². The van der Waals surface area contributed by atoms with Gasteiger partial charge in [0.05, 0.1) is 5.69 Å². The summed E-state index contributed by atoms with van der Waals surface area (Å²) in [5.74, 6) is 1.12. The van der Waals surface area contributed by atoms with Crippen LogP contribution in [-0.2, 0) is 6.42 Å². The van der Waals surface area contributed by atoms with Crippen LogP contribution < -0.4 is 10.6 Å². The highest BCUT2D eigenvalue weighted by atomic mass is 32.1. The van der Waals surface area contributed by atoms with Crippen molar-refractivity contribution in [3.8, 4) is 0 Å². The molecule has 0 aliphatic heterocycles. The quantitative estimate of drug-likeness (QED) is 0.852. The Labute approximate surface area is 125 Å². The molecule has 112 valence electrons. The normalized spacial score (nSPS) is 14.7. The van der Waals surface area contributed by atoms with Crippen LogP contribution in [0.2, 0.25) is 0 Å². The van der Waals surface area contributed by atoms with Crippen molar-refractivity contribution in [1.29, 1.82) is 0 Å². The fraction of sp³-hybridized carbons (Fsp3) is 0.667. The molecule has 0 aromatic carbocycles. The molecule has 5 heteroatoms. The molecule has 2 unspecified atom stereocenters. The van der Waals surface area contributed by atoms with Crippen LogP contribution in [0.25, 0.3) is 4.96 Å². The van der Waals surface area contributed by atoms with Crippen LogP contribution >= 0.6 is 11.3 Å². The highest BCUT2D eigenvalue weighted by molar-refractivity contribution is 7.15. The minimum absolute atomic E-state index is 0.198. The second-order valence-corrected chi connectivity index (χ2v) is 6.23. The van der Waals surface area contributed by atoms with E-state index in [0.29, 0.717) is 6.04 Å². The third kappa shape index (κ3) is 2.83. The van der Waals surface area contributed by atoms with Gasteiger partial charge in [-0.15, -0.1) is 11.3 Å². The number of anilines is 1. The second kappa shape index (κ2) is 6.59. The average molecular weight is 294 g/mol. The SMILES string of the molecule is CCC(N)Cc1c(N(CC)C(C)CC)nc2sccn12. The molecular formula is C15H26N4S. The zero-order valence-corrected chi connectivity index (χ0v) is 13.8. The summed E-state index contributed by atoms with van der Waals surface area (Å²) >= 11 is 1.69. The maximum Gasteiger partial charge on any atom is 0.195 e. The van der Waals surface area contributed by atoms with Crippen molar-refractivity contribution in [2.75, 3.05) is 11.4 Å². The summed E-state index contributed by atoms with van der Waals surface area (Å²) in [5, 5.41) is 2.09. The van der Waals surface area contributed by atoms with Crippen LogP contribution in [0.15, 0.2) is 11.6 Å². The first-order valence-electron chi connectivity index (χ1n) is 7.58. The lowest BCUT2D eigenvalue weighted by atomic mass is 10.1. The Morgan fingerprint density at radius 1 is 1.35 bits per heavy atom. The number of aromatic nitrogens is 2. The number of thiazole rings is 1. The molecule has 2 rings (SSSR count). The first-order valence-corrected chi connectivity index (χ1v) is 8.46. The molecule has 2 aromatic heterocycles. The fourth-order valence-electron chi connectivity index (χ4n) is 2.52. The van der Waals surface area contributed by atoms with Crippen molar-refractivity contribution in [3.05, 3.63) is 17.3 Å². The van der Waals surface area contributed by atoms with Gasteiger partial charge in [0.15, 0.2) is 10.8 Å². The molecule has 2 heterocycles. The van der Waals surface area contributed by atoms with Crippen molar-refractivity contribution in [2.24, 2.45) is 5.73 Å². The van der Waals surface area contributed by atoms with Gasteiger partial charge in [-0.3, -0.25) is 4.40 Å². The molecule has 2 aromatic rings. The molecule has 0 saturated carbocycles. The van der Waals surface area contributed by atoms with Gasteiger partial charge in [-0.1, -0.05) is 13.8 Å². The van der Waals surface area contributed by atoms with Crippen LogP contribution in [0, 0.1) is 0 Å². The summed E-state index contributed by atoms with van der Waals surface area (Å²) < 4.78 is 2.21. The van der Waals surface area contributed by atoms with E-state index in [-0.39, 0.29) is 6.04 Å². The van der Waals surface area contributed by atoms with E-state index in [1.807, 2.05) is 0 Å². The predicted molar refractivity (Wildman–Crippen MR) is 87.8 cm³/mol. The maximum atomic E-state index is 6.19. The van der Waals surface area contributed by atoms with E-state index in [1.165, 1.54) is 5.69 Å². The molecule has 0 radical (unpaired) electrons. The molecule has 0 saturated heterocycles. The Morgan fingerprint density at radius 2 is 2.10 bits per heavy atom. The van der Waals surface area contributed by atoms with E-state index in [0.717, 1.165) is 36.6 Å². The van der Waals surface area contributed by atoms with Gasteiger partial charge in [-0.05, 0) is 26.7 Å². The summed E-state index contributed by atoms with van der Waals surface area (Å²) in [5.41, 5.74) is 7.45. The maximum absolute atomic E-state index is 6.19. The predicted octanol–water partition coefficient (Wildman–Crippen LogP) is 3.30. The summed E-state index contributed by atoms with van der Waals surface area (Å²) in [6.07, 6.45) is 5.11. The van der Waals surface area contributed by atoms with Gasteiger partial charge in [0.25, 0.3) is 0 Å². The topological polar surface area (TPSA) is 46.6 Å². The number of nitrogens with two attached hydrogens (primary N) is 1. The Bertz CT molecular complexity index is 545. The Balaban J connectivity index is 2.45. The summed E-state index contributed by atoms with van der Waals surface area (Å²) in [4.78, 5) is 8.32. The molecule has 2 N–H and O–H groups in total. The van der Waals surface area contributed by atoms with Crippen LogP contribution in [0.5, 0.6) is 0 Å². The molecule has 20 heavy (non-hydrogen) atoms. The third-order valence-corrected chi connectivity index (χ3v) is 4.81. The third-order valence-electron chi connectivity index (χ3n) is 4.06. The summed E-state index contributed by atoms with van der Waals surface area (Å²) in [6.45, 7) is 9.81. The smallest absolute Gasteiger partial charge is 0.195 e. The zero-order valence-electron chi connectivity index (χ0n) is 13.0. The van der Waals surface area contributed by atoms with E-state index >= 15 is 0 Å². The average Bonchev–Trinajstić information content (AvgIpc) is 3.02. The lowest BCUT2D eigenvalue weighted by Crippen LogP contribution is -2.34. The van der Waals surface area contributed by atoms with Crippen molar-refractivity contribution in [2.45, 2.75) is 59.0 Å². The number of hydrogen-bond acceptors (Lipinski definition) is 4. The number of fused-ring (bicyclic) bond motifs is 1. The van der Waals surface area contributed by atoms with Gasteiger partial charge in [0, 0.05) is 36.6 Å². The Hall–Kier alpha value is -1.07. The second-order valence-electron chi connectivity index (χ2n) is 5.35. The lowest BCUT2D eigenvalue weighted by molar-refractivity contribution is 0.605. The molecule has 0 aliphatic rings. The molecule has 4 nitrogen and oxygen atoms in total. The molecule has 0 aliphatic carbocycles. The standard InChI is InChI=1S/C15H26N4S/c1-5-11(4)18(7-3)14-13(10-12(16)6-2)19-8-9-20-15(19)17-14/h8-9,11-12H,5-7,10,16H2,1-4H3. The number of imidazole rings is 1. The van der Waals surface area contributed by atoms with E-state index in [1.54, 1.807) is 11.3 Å². The first kappa shape index (κ1) is 15.3. The van der Waals surface area contributed by atoms with Crippen LogP contribution in [0.4, 0.5) is 5.82 Å². The van der Waals surface area contributed by atoms with Crippen LogP contribution in [0.3, 0.4) is 0 Å². The van der Waals surface area contributed by atoms with Crippen molar-refractivity contribution < 1.29 is 0 Å². The van der Waals surface area contributed by atoms with Crippen molar-refractivity contribution >= 4 is 22.1 Å². The number of nitrogens with zero attached hydrogens (tertiary/aromatic N) is 3. The van der Waals surface area contributed by atoms with E-state index in [4.69, 9.17) is 10.7 Å². The summed E-state index contributed by atoms with van der Waals surface area (Å²) in [7, 11) is 0. The number of rotatable bonds is 7. The number of hydrogen-bond donors (Lipinski definition) is 1. The first-order chi connectivity index (χ1) is 9.62. The molecule has 0 bridgehead atoms. The highest BCUT2D eigenvalue weighted by Gasteiger charge is 2.22. The molecule has 0 spiro atoms. The van der Waals surface area contributed by atoms with Crippen LogP contribution in [-0.4, -0.2) is 28.0 Å². The van der Waals surface area contributed by atoms with Gasteiger partial charge in [0.1, 0.15) is 0 Å². The lowest BCUT2D eigenvalue weighted by Gasteiger charge is -2.28. The van der Waals surface area contributed by atoms with Gasteiger partial charge in [-0.2, -0.15) is 0 Å². The van der Waals surface area contributed by atoms with Crippen molar-refractivity contribution in [3.63, 3.8) is 0 Å². The van der Waals surface area contributed by atoms with E-state index in [9.17, 15) is 0 Å². The molecule has 0 fully saturated rings. The summed E-state index contributed by atoms with van der Waals surface area (Å²) in [6, 6.07) is 0.699. The fourth-order valence-corrected chi connectivity index (χ4v) is 3.25. The van der Waals surface area contributed by atoms with Gasteiger partial charge in [0.2, 0.25) is 0 Å². The van der Waals surface area contributed by atoms with E-state index < -0.39 is 0 Å². The Kier molecular flexibility index (Phi) is 5.05. The Morgan fingerprint density at radius 3 is 2.70 bits per heavy atom. The minimum Gasteiger partial charge on any atom is -0.353 e. The van der Waals surface area contributed by atoms with E-state index in [2.05, 4.69) is 48.6 Å². The molecule has 2 atom stereocenters. The zero-order chi connectivity index (χ0) is 14.7. The monoisotopic (exact) mass is 294 g/mol. The van der Waals surface area contributed by atoms with Gasteiger partial charge >= 0.3 is 0 Å². The highest BCUT2D eigenvalue weighted by Crippen LogP contribution is 2.27. The minimum atomic E-state index is 0.198. The largest absolute Gasteiger partial charge is 0.353 e. The van der Waals surface area contributed by atoms with Gasteiger partial charge in [-0.25, -0.2) is 4.98 Å².